The summed E-state index contributed by atoms with van der Waals surface area (Å²) in [4.78, 5) is 2.48. The quantitative estimate of drug-likeness (QED) is 0.757. The number of allylic oxidation sites excluding steroid dienone is 1. The summed E-state index contributed by atoms with van der Waals surface area (Å²) in [6, 6.07) is 10.7. The van der Waals surface area contributed by atoms with Gasteiger partial charge in [-0.15, -0.1) is 11.8 Å². The molecule has 1 aromatic carbocycles. The summed E-state index contributed by atoms with van der Waals surface area (Å²) in [5.74, 6) is 1.12. The lowest BCUT2D eigenvalue weighted by Gasteiger charge is -2.21. The Balaban J connectivity index is 1.98. The van der Waals surface area contributed by atoms with Gasteiger partial charge in [-0.2, -0.15) is 0 Å². The summed E-state index contributed by atoms with van der Waals surface area (Å²) in [5, 5.41) is 2.31. The lowest BCUT2D eigenvalue weighted by molar-refractivity contribution is 0.387. The summed E-state index contributed by atoms with van der Waals surface area (Å²) in [6.07, 6.45) is 2.44. The fraction of sp³-hybridized carbons (Fsp3) is 0.385. The van der Waals surface area contributed by atoms with Gasteiger partial charge in [-0.05, 0) is 17.4 Å². The van der Waals surface area contributed by atoms with Crippen LogP contribution in [-0.2, 0) is 6.54 Å². The van der Waals surface area contributed by atoms with Crippen LogP contribution in [0.5, 0.6) is 0 Å². The SMILES string of the molecule is CCCC1=CSCN1Cc1ccccc1. The van der Waals surface area contributed by atoms with Crippen molar-refractivity contribution in [3.05, 3.63) is 47.0 Å². The van der Waals surface area contributed by atoms with Gasteiger partial charge in [0, 0.05) is 12.2 Å². The van der Waals surface area contributed by atoms with Gasteiger partial charge in [0.25, 0.3) is 0 Å². The lowest BCUT2D eigenvalue weighted by atomic mass is 10.2. The zero-order valence-corrected chi connectivity index (χ0v) is 9.96. The highest BCUT2D eigenvalue weighted by Gasteiger charge is 2.14. The maximum atomic E-state index is 2.48. The van der Waals surface area contributed by atoms with Crippen molar-refractivity contribution in [1.82, 2.24) is 4.90 Å². The third-order valence-corrected chi connectivity index (χ3v) is 3.48. The predicted octanol–water partition coefficient (Wildman–Crippen LogP) is 3.83. The molecule has 0 amide bonds. The molecule has 15 heavy (non-hydrogen) atoms. The first kappa shape index (κ1) is 10.6. The van der Waals surface area contributed by atoms with Gasteiger partial charge in [-0.3, -0.25) is 0 Å². The summed E-state index contributed by atoms with van der Waals surface area (Å²) in [6.45, 7) is 3.30. The molecule has 2 heteroatoms. The monoisotopic (exact) mass is 219 g/mol. The normalized spacial score (nSPS) is 15.5. The molecule has 0 saturated carbocycles. The number of thioether (sulfide) groups is 1. The molecule has 0 atom stereocenters. The van der Waals surface area contributed by atoms with Gasteiger partial charge in [0.05, 0.1) is 5.88 Å². The summed E-state index contributed by atoms with van der Waals surface area (Å²) >= 11 is 1.91. The summed E-state index contributed by atoms with van der Waals surface area (Å²) in [7, 11) is 0. The minimum absolute atomic E-state index is 1.06. The van der Waals surface area contributed by atoms with Crippen molar-refractivity contribution >= 4 is 11.8 Å². The second kappa shape index (κ2) is 5.26. The Morgan fingerprint density at radius 3 is 2.80 bits per heavy atom. The maximum Gasteiger partial charge on any atom is 0.0681 e. The van der Waals surface area contributed by atoms with E-state index in [1.165, 1.54) is 24.1 Å². The second-order valence-electron chi connectivity index (χ2n) is 3.84. The minimum Gasteiger partial charge on any atom is -0.360 e. The molecular weight excluding hydrogens is 202 g/mol. The fourth-order valence-electron chi connectivity index (χ4n) is 1.81. The molecule has 0 aromatic heterocycles. The second-order valence-corrected chi connectivity index (χ2v) is 4.67. The van der Waals surface area contributed by atoms with Crippen molar-refractivity contribution in [1.29, 1.82) is 0 Å². The topological polar surface area (TPSA) is 3.24 Å². The van der Waals surface area contributed by atoms with Gasteiger partial charge < -0.3 is 4.90 Å². The van der Waals surface area contributed by atoms with E-state index in [1.807, 2.05) is 11.8 Å². The van der Waals surface area contributed by atoms with E-state index in [0.717, 1.165) is 12.4 Å². The van der Waals surface area contributed by atoms with Crippen molar-refractivity contribution in [2.24, 2.45) is 0 Å². The third kappa shape index (κ3) is 2.78. The molecule has 0 bridgehead atoms. The van der Waals surface area contributed by atoms with Crippen LogP contribution in [0.3, 0.4) is 0 Å². The van der Waals surface area contributed by atoms with Gasteiger partial charge >= 0.3 is 0 Å². The molecule has 0 radical (unpaired) electrons. The van der Waals surface area contributed by atoms with Crippen LogP contribution < -0.4 is 0 Å². The molecule has 1 heterocycles. The molecule has 0 spiro atoms. The first-order chi connectivity index (χ1) is 7.40. The van der Waals surface area contributed by atoms with Gasteiger partial charge in [0.15, 0.2) is 0 Å². The van der Waals surface area contributed by atoms with Crippen molar-refractivity contribution in [2.75, 3.05) is 5.88 Å². The van der Waals surface area contributed by atoms with Gasteiger partial charge in [-0.25, -0.2) is 0 Å². The van der Waals surface area contributed by atoms with E-state index in [-0.39, 0.29) is 0 Å². The van der Waals surface area contributed by atoms with Crippen molar-refractivity contribution < 1.29 is 0 Å². The van der Waals surface area contributed by atoms with Crippen LogP contribution in [-0.4, -0.2) is 10.8 Å². The molecule has 0 aliphatic carbocycles. The van der Waals surface area contributed by atoms with E-state index >= 15 is 0 Å². The lowest BCUT2D eigenvalue weighted by Crippen LogP contribution is -2.18. The Morgan fingerprint density at radius 1 is 1.27 bits per heavy atom. The highest BCUT2D eigenvalue weighted by molar-refractivity contribution is 8.02. The van der Waals surface area contributed by atoms with Crippen LogP contribution in [0.4, 0.5) is 0 Å². The Morgan fingerprint density at radius 2 is 2.07 bits per heavy atom. The standard InChI is InChI=1S/C13H17NS/c1-2-6-13-10-15-11-14(13)9-12-7-4-3-5-8-12/h3-5,7-8,10H,2,6,9,11H2,1H3. The van der Waals surface area contributed by atoms with Crippen LogP contribution in [0.15, 0.2) is 41.4 Å². The molecule has 0 fully saturated rings. The van der Waals surface area contributed by atoms with E-state index in [1.54, 1.807) is 0 Å². The van der Waals surface area contributed by atoms with Crippen LogP contribution >= 0.6 is 11.8 Å². The number of hydrogen-bond donors (Lipinski definition) is 0. The highest BCUT2D eigenvalue weighted by atomic mass is 32.2. The van der Waals surface area contributed by atoms with Crippen molar-refractivity contribution in [3.8, 4) is 0 Å². The first-order valence-corrected chi connectivity index (χ1v) is 6.54. The first-order valence-electron chi connectivity index (χ1n) is 5.49. The van der Waals surface area contributed by atoms with Crippen LogP contribution in [0.1, 0.15) is 25.3 Å². The van der Waals surface area contributed by atoms with Crippen LogP contribution in [0.25, 0.3) is 0 Å². The maximum absolute atomic E-state index is 2.48. The van der Waals surface area contributed by atoms with Gasteiger partial charge in [0.1, 0.15) is 0 Å². The minimum atomic E-state index is 1.06. The average molecular weight is 219 g/mol. The Labute approximate surface area is 96.2 Å². The predicted molar refractivity (Wildman–Crippen MR) is 67.4 cm³/mol. The average Bonchev–Trinajstić information content (AvgIpc) is 2.68. The smallest absolute Gasteiger partial charge is 0.0681 e. The summed E-state index contributed by atoms with van der Waals surface area (Å²) < 4.78 is 0. The highest BCUT2D eigenvalue weighted by Crippen LogP contribution is 2.27. The molecule has 0 unspecified atom stereocenters. The molecule has 1 aromatic rings. The Hall–Kier alpha value is -0.890. The number of benzene rings is 1. The van der Waals surface area contributed by atoms with Crippen LogP contribution in [0, 0.1) is 0 Å². The Bertz CT molecular complexity index is 332. The van der Waals surface area contributed by atoms with E-state index in [4.69, 9.17) is 0 Å². The van der Waals surface area contributed by atoms with Crippen molar-refractivity contribution in [2.45, 2.75) is 26.3 Å². The molecule has 1 nitrogen and oxygen atoms in total. The Kier molecular flexibility index (Phi) is 3.73. The van der Waals surface area contributed by atoms with Crippen LogP contribution in [0.2, 0.25) is 0 Å². The van der Waals surface area contributed by atoms with E-state index in [9.17, 15) is 0 Å². The largest absolute Gasteiger partial charge is 0.360 e. The number of hydrogen-bond acceptors (Lipinski definition) is 2. The van der Waals surface area contributed by atoms with Gasteiger partial charge in [-0.1, -0.05) is 43.7 Å². The third-order valence-electron chi connectivity index (χ3n) is 2.58. The zero-order chi connectivity index (χ0) is 10.5. The molecule has 1 aliphatic rings. The molecule has 2 rings (SSSR count). The number of rotatable bonds is 4. The zero-order valence-electron chi connectivity index (χ0n) is 9.15. The van der Waals surface area contributed by atoms with E-state index in [0.29, 0.717) is 0 Å². The van der Waals surface area contributed by atoms with E-state index in [2.05, 4.69) is 47.6 Å². The fourth-order valence-corrected chi connectivity index (χ4v) is 2.78. The van der Waals surface area contributed by atoms with Crippen molar-refractivity contribution in [3.63, 3.8) is 0 Å². The molecule has 0 saturated heterocycles. The van der Waals surface area contributed by atoms with E-state index < -0.39 is 0 Å². The molecule has 1 aliphatic heterocycles. The molecule has 80 valence electrons. The number of nitrogens with zero attached hydrogens (tertiary/aromatic N) is 1. The summed E-state index contributed by atoms with van der Waals surface area (Å²) in [5.41, 5.74) is 2.91. The molecule has 0 N–H and O–H groups in total. The van der Waals surface area contributed by atoms with Gasteiger partial charge in [0.2, 0.25) is 0 Å². The molecular formula is C13H17NS.